The number of likely N-dealkylation sites (tertiary alicyclic amines) is 1. The van der Waals surface area contributed by atoms with Crippen molar-refractivity contribution >= 4 is 5.91 Å². The number of halogens is 3. The lowest BCUT2D eigenvalue weighted by molar-refractivity contribution is -0.137. The maximum absolute atomic E-state index is 12.6. The van der Waals surface area contributed by atoms with E-state index in [0.29, 0.717) is 30.5 Å². The first-order chi connectivity index (χ1) is 12.8. The van der Waals surface area contributed by atoms with Gasteiger partial charge in [0.25, 0.3) is 0 Å². The summed E-state index contributed by atoms with van der Waals surface area (Å²) >= 11 is 0. The summed E-state index contributed by atoms with van der Waals surface area (Å²) in [4.78, 5) is 17.5. The molecule has 1 saturated heterocycles. The van der Waals surface area contributed by atoms with Crippen molar-refractivity contribution in [3.8, 4) is 11.4 Å². The minimum absolute atomic E-state index is 0.0368. The fourth-order valence-corrected chi connectivity index (χ4v) is 3.19. The molecule has 1 amide bonds. The predicted molar refractivity (Wildman–Crippen MR) is 91.4 cm³/mol. The number of nitrogens with zero attached hydrogens (tertiary/aromatic N) is 3. The number of amides is 1. The zero-order chi connectivity index (χ0) is 19.4. The van der Waals surface area contributed by atoms with Crippen LogP contribution in [0.4, 0.5) is 13.2 Å². The number of hydrogen-bond donors (Lipinski definition) is 1. The number of piperidine rings is 1. The molecule has 2 aromatic rings. The summed E-state index contributed by atoms with van der Waals surface area (Å²) in [5.74, 6) is 1.03. The third-order valence-electron chi connectivity index (χ3n) is 4.54. The van der Waals surface area contributed by atoms with Crippen LogP contribution in [0, 0.1) is 5.92 Å². The molecular formula is C18H21F3N4O2. The number of rotatable bonds is 5. The van der Waals surface area contributed by atoms with Gasteiger partial charge in [-0.3, -0.25) is 9.69 Å². The van der Waals surface area contributed by atoms with E-state index in [0.717, 1.165) is 38.1 Å². The second-order valence-electron chi connectivity index (χ2n) is 6.77. The second-order valence-corrected chi connectivity index (χ2v) is 6.77. The summed E-state index contributed by atoms with van der Waals surface area (Å²) in [5.41, 5.74) is -0.242. The van der Waals surface area contributed by atoms with Crippen molar-refractivity contribution in [3.05, 3.63) is 35.7 Å². The quantitative estimate of drug-likeness (QED) is 0.860. The third-order valence-corrected chi connectivity index (χ3v) is 4.54. The van der Waals surface area contributed by atoms with Crippen LogP contribution in [0.2, 0.25) is 0 Å². The Labute approximate surface area is 154 Å². The van der Waals surface area contributed by atoms with Crippen LogP contribution in [-0.2, 0) is 17.5 Å². The topological polar surface area (TPSA) is 71.3 Å². The van der Waals surface area contributed by atoms with Gasteiger partial charge in [-0.05, 0) is 37.4 Å². The summed E-state index contributed by atoms with van der Waals surface area (Å²) in [5, 5.41) is 6.71. The van der Waals surface area contributed by atoms with Crippen molar-refractivity contribution in [2.24, 2.45) is 5.92 Å². The Morgan fingerprint density at radius 3 is 2.74 bits per heavy atom. The fraction of sp³-hybridized carbons (Fsp3) is 0.500. The van der Waals surface area contributed by atoms with E-state index >= 15 is 0 Å². The van der Waals surface area contributed by atoms with E-state index < -0.39 is 11.7 Å². The lowest BCUT2D eigenvalue weighted by Gasteiger charge is -2.31. The highest BCUT2D eigenvalue weighted by atomic mass is 19.4. The molecule has 146 valence electrons. The lowest BCUT2D eigenvalue weighted by atomic mass is 9.98. The molecular weight excluding hydrogens is 361 g/mol. The first-order valence-corrected chi connectivity index (χ1v) is 8.78. The molecule has 1 aliphatic rings. The number of alkyl halides is 3. The van der Waals surface area contributed by atoms with Crippen molar-refractivity contribution in [1.29, 1.82) is 0 Å². The summed E-state index contributed by atoms with van der Waals surface area (Å²) in [6.45, 7) is 4.34. The molecule has 0 bridgehead atoms. The molecule has 1 atom stereocenters. The van der Waals surface area contributed by atoms with Crippen LogP contribution >= 0.6 is 0 Å². The molecule has 9 heteroatoms. The van der Waals surface area contributed by atoms with Crippen molar-refractivity contribution in [2.75, 3.05) is 19.6 Å². The standard InChI is InChI=1S/C18H21F3N4O2/c1-12(26)22-9-13-3-2-8-25(10-13)11-16-23-17(24-27-16)14-4-6-15(7-5-14)18(19,20)21/h4-7,13H,2-3,8-11H2,1H3,(H,22,26)/t13-/m0/s1. The maximum atomic E-state index is 12.6. The summed E-state index contributed by atoms with van der Waals surface area (Å²) in [6, 6.07) is 4.68. The summed E-state index contributed by atoms with van der Waals surface area (Å²) in [6.07, 6.45) is -2.30. The Bertz CT molecular complexity index is 774. The van der Waals surface area contributed by atoms with Gasteiger partial charge in [-0.15, -0.1) is 0 Å². The minimum atomic E-state index is -4.37. The van der Waals surface area contributed by atoms with E-state index in [9.17, 15) is 18.0 Å². The van der Waals surface area contributed by atoms with Crippen LogP contribution in [0.15, 0.2) is 28.8 Å². The Balaban J connectivity index is 1.60. The van der Waals surface area contributed by atoms with E-state index in [1.165, 1.54) is 19.1 Å². The molecule has 0 unspecified atom stereocenters. The lowest BCUT2D eigenvalue weighted by Crippen LogP contribution is -2.40. The SMILES string of the molecule is CC(=O)NC[C@@H]1CCCN(Cc2nc(-c3ccc(C(F)(F)F)cc3)no2)C1. The maximum Gasteiger partial charge on any atom is 0.416 e. The van der Waals surface area contributed by atoms with Gasteiger partial charge in [-0.2, -0.15) is 18.2 Å². The molecule has 6 nitrogen and oxygen atoms in total. The largest absolute Gasteiger partial charge is 0.416 e. The van der Waals surface area contributed by atoms with Crippen molar-refractivity contribution < 1.29 is 22.5 Å². The highest BCUT2D eigenvalue weighted by Gasteiger charge is 2.30. The van der Waals surface area contributed by atoms with Crippen LogP contribution in [0.1, 0.15) is 31.2 Å². The first-order valence-electron chi connectivity index (χ1n) is 8.78. The van der Waals surface area contributed by atoms with Crippen LogP contribution < -0.4 is 5.32 Å². The van der Waals surface area contributed by atoms with Gasteiger partial charge in [-0.25, -0.2) is 0 Å². The third kappa shape index (κ3) is 5.29. The number of hydrogen-bond acceptors (Lipinski definition) is 5. The van der Waals surface area contributed by atoms with Crippen molar-refractivity contribution in [2.45, 2.75) is 32.5 Å². The molecule has 1 aromatic heterocycles. The molecule has 0 radical (unpaired) electrons. The Morgan fingerprint density at radius 2 is 2.07 bits per heavy atom. The fourth-order valence-electron chi connectivity index (χ4n) is 3.19. The molecule has 1 aliphatic heterocycles. The smallest absolute Gasteiger partial charge is 0.356 e. The summed E-state index contributed by atoms with van der Waals surface area (Å²) in [7, 11) is 0. The van der Waals surface area contributed by atoms with Gasteiger partial charge in [-0.1, -0.05) is 17.3 Å². The van der Waals surface area contributed by atoms with Crippen LogP contribution in [-0.4, -0.2) is 40.6 Å². The second kappa shape index (κ2) is 8.08. The molecule has 2 heterocycles. The molecule has 1 fully saturated rings. The molecule has 27 heavy (non-hydrogen) atoms. The highest BCUT2D eigenvalue weighted by Crippen LogP contribution is 2.30. The predicted octanol–water partition coefficient (Wildman–Crippen LogP) is 3.10. The van der Waals surface area contributed by atoms with Crippen LogP contribution in [0.5, 0.6) is 0 Å². The molecule has 1 aromatic carbocycles. The number of carbonyl (C=O) groups excluding carboxylic acids is 1. The zero-order valence-electron chi connectivity index (χ0n) is 14.9. The Kier molecular flexibility index (Phi) is 5.79. The average molecular weight is 382 g/mol. The highest BCUT2D eigenvalue weighted by molar-refractivity contribution is 5.72. The molecule has 0 aliphatic carbocycles. The van der Waals surface area contributed by atoms with E-state index in [4.69, 9.17) is 4.52 Å². The van der Waals surface area contributed by atoms with E-state index in [-0.39, 0.29) is 11.7 Å². The van der Waals surface area contributed by atoms with Crippen molar-refractivity contribution in [1.82, 2.24) is 20.4 Å². The van der Waals surface area contributed by atoms with Gasteiger partial charge in [0.1, 0.15) is 0 Å². The van der Waals surface area contributed by atoms with Crippen molar-refractivity contribution in [3.63, 3.8) is 0 Å². The minimum Gasteiger partial charge on any atom is -0.356 e. The van der Waals surface area contributed by atoms with E-state index in [1.54, 1.807) is 0 Å². The monoisotopic (exact) mass is 382 g/mol. The molecule has 0 saturated carbocycles. The van der Waals surface area contributed by atoms with Crippen LogP contribution in [0.25, 0.3) is 11.4 Å². The van der Waals surface area contributed by atoms with Gasteiger partial charge in [0.15, 0.2) is 0 Å². The first kappa shape index (κ1) is 19.3. The number of nitrogens with one attached hydrogen (secondary N) is 1. The van der Waals surface area contributed by atoms with E-state index in [2.05, 4.69) is 20.4 Å². The Morgan fingerprint density at radius 1 is 1.33 bits per heavy atom. The number of benzene rings is 1. The average Bonchev–Trinajstić information content (AvgIpc) is 3.08. The van der Waals surface area contributed by atoms with Gasteiger partial charge >= 0.3 is 6.18 Å². The van der Waals surface area contributed by atoms with Gasteiger partial charge in [0, 0.05) is 25.6 Å². The van der Waals surface area contributed by atoms with Gasteiger partial charge in [0.2, 0.25) is 17.6 Å². The number of carbonyl (C=O) groups is 1. The molecule has 0 spiro atoms. The molecule has 3 rings (SSSR count). The zero-order valence-corrected chi connectivity index (χ0v) is 14.9. The summed E-state index contributed by atoms with van der Waals surface area (Å²) < 4.78 is 43.2. The van der Waals surface area contributed by atoms with E-state index in [1.807, 2.05) is 0 Å². The Hall–Kier alpha value is -2.42. The number of aromatic nitrogens is 2. The van der Waals surface area contributed by atoms with Gasteiger partial charge < -0.3 is 9.84 Å². The van der Waals surface area contributed by atoms with Crippen LogP contribution in [0.3, 0.4) is 0 Å². The normalized spacial score (nSPS) is 18.4. The molecule has 1 N–H and O–H groups in total. The van der Waals surface area contributed by atoms with Gasteiger partial charge in [0.05, 0.1) is 12.1 Å².